The lowest BCUT2D eigenvalue weighted by atomic mass is 10.0. The Bertz CT molecular complexity index is 986. The second-order valence-corrected chi connectivity index (χ2v) is 8.48. The predicted octanol–water partition coefficient (Wildman–Crippen LogP) is 3.60. The van der Waals surface area contributed by atoms with Crippen LogP contribution in [0.2, 0.25) is 0 Å². The highest BCUT2D eigenvalue weighted by Gasteiger charge is 2.33. The average molecular weight is 414 g/mol. The maximum absolute atomic E-state index is 13.0. The largest absolute Gasteiger partial charge is 0.325 e. The fourth-order valence-corrected chi connectivity index (χ4v) is 4.50. The zero-order valence-electron chi connectivity index (χ0n) is 15.3. The lowest BCUT2D eigenvalue weighted by Gasteiger charge is -2.34. The standard InChI is InChI=1S/C19H19N5O2S2/c1-12-22-23-18(28-12)13-5-4-6-14(9-13)21-17(25)16-7-2-3-8-24(16)19(26)15-10-27-11-20-15/h4-6,9-11,16H,2-3,7-8H2,1H3,(H,21,25)/t16-/m1/s1. The van der Waals surface area contributed by atoms with Gasteiger partial charge in [0.1, 0.15) is 21.8 Å². The summed E-state index contributed by atoms with van der Waals surface area (Å²) >= 11 is 2.88. The Labute approximate surface area is 170 Å². The van der Waals surface area contributed by atoms with E-state index in [1.54, 1.807) is 15.8 Å². The van der Waals surface area contributed by atoms with Gasteiger partial charge in [-0.05, 0) is 38.3 Å². The Kier molecular flexibility index (Phi) is 5.45. The predicted molar refractivity (Wildman–Crippen MR) is 110 cm³/mol. The molecule has 1 aliphatic heterocycles. The number of hydrogen-bond donors (Lipinski definition) is 1. The number of nitrogens with one attached hydrogen (secondary N) is 1. The van der Waals surface area contributed by atoms with E-state index in [0.29, 0.717) is 24.3 Å². The van der Waals surface area contributed by atoms with E-state index in [-0.39, 0.29) is 11.8 Å². The van der Waals surface area contributed by atoms with Crippen molar-refractivity contribution in [3.63, 3.8) is 0 Å². The van der Waals surface area contributed by atoms with Crippen LogP contribution in [0.15, 0.2) is 35.2 Å². The van der Waals surface area contributed by atoms with Crippen LogP contribution in [0.5, 0.6) is 0 Å². The van der Waals surface area contributed by atoms with Gasteiger partial charge in [-0.25, -0.2) is 4.98 Å². The molecule has 1 N–H and O–H groups in total. The molecule has 4 rings (SSSR count). The Morgan fingerprint density at radius 3 is 2.89 bits per heavy atom. The van der Waals surface area contributed by atoms with E-state index in [0.717, 1.165) is 28.4 Å². The molecule has 7 nitrogen and oxygen atoms in total. The third kappa shape index (κ3) is 3.95. The number of anilines is 1. The minimum Gasteiger partial charge on any atom is -0.325 e. The Hall–Kier alpha value is -2.65. The number of hydrogen-bond acceptors (Lipinski definition) is 7. The van der Waals surface area contributed by atoms with Crippen molar-refractivity contribution in [1.82, 2.24) is 20.1 Å². The molecule has 3 heterocycles. The molecule has 2 aromatic heterocycles. The van der Waals surface area contributed by atoms with Crippen LogP contribution in [-0.4, -0.2) is 44.5 Å². The van der Waals surface area contributed by atoms with Crippen molar-refractivity contribution in [3.05, 3.63) is 45.9 Å². The SMILES string of the molecule is Cc1nnc(-c2cccc(NC(=O)[C@H]3CCCCN3C(=O)c3cscn3)c2)s1. The Morgan fingerprint density at radius 2 is 2.14 bits per heavy atom. The van der Waals surface area contributed by atoms with E-state index in [1.165, 1.54) is 22.7 Å². The topological polar surface area (TPSA) is 88.1 Å². The Morgan fingerprint density at radius 1 is 1.25 bits per heavy atom. The maximum Gasteiger partial charge on any atom is 0.274 e. The summed E-state index contributed by atoms with van der Waals surface area (Å²) in [4.78, 5) is 31.4. The van der Waals surface area contributed by atoms with E-state index in [4.69, 9.17) is 0 Å². The summed E-state index contributed by atoms with van der Waals surface area (Å²) in [6, 6.07) is 7.04. The van der Waals surface area contributed by atoms with E-state index in [2.05, 4.69) is 20.5 Å². The summed E-state index contributed by atoms with van der Waals surface area (Å²) in [6.07, 6.45) is 2.46. The molecule has 9 heteroatoms. The zero-order chi connectivity index (χ0) is 19.5. The number of aryl methyl sites for hydroxylation is 1. The molecule has 0 bridgehead atoms. The molecule has 28 heavy (non-hydrogen) atoms. The van der Waals surface area contributed by atoms with Gasteiger partial charge in [-0.1, -0.05) is 23.5 Å². The first-order chi connectivity index (χ1) is 13.6. The minimum atomic E-state index is -0.490. The quantitative estimate of drug-likeness (QED) is 0.706. The molecule has 0 radical (unpaired) electrons. The van der Waals surface area contributed by atoms with Crippen molar-refractivity contribution in [2.75, 3.05) is 11.9 Å². The molecule has 1 saturated heterocycles. The monoisotopic (exact) mass is 413 g/mol. The van der Waals surface area contributed by atoms with Gasteiger partial charge in [0.15, 0.2) is 0 Å². The summed E-state index contributed by atoms with van der Waals surface area (Å²) < 4.78 is 0. The maximum atomic E-state index is 13.0. The van der Waals surface area contributed by atoms with Gasteiger partial charge in [-0.3, -0.25) is 9.59 Å². The normalized spacial score (nSPS) is 16.8. The van der Waals surface area contributed by atoms with Crippen molar-refractivity contribution >= 4 is 40.2 Å². The summed E-state index contributed by atoms with van der Waals surface area (Å²) in [5.74, 6) is -0.354. The van der Waals surface area contributed by atoms with Gasteiger partial charge < -0.3 is 10.2 Å². The minimum absolute atomic E-state index is 0.172. The van der Waals surface area contributed by atoms with Crippen LogP contribution in [0.1, 0.15) is 34.8 Å². The van der Waals surface area contributed by atoms with Crippen molar-refractivity contribution in [2.24, 2.45) is 0 Å². The van der Waals surface area contributed by atoms with Crippen LogP contribution in [0.3, 0.4) is 0 Å². The number of carbonyl (C=O) groups excluding carboxylic acids is 2. The fourth-order valence-electron chi connectivity index (χ4n) is 3.28. The Balaban J connectivity index is 1.51. The van der Waals surface area contributed by atoms with Crippen LogP contribution in [0.25, 0.3) is 10.6 Å². The number of aromatic nitrogens is 3. The van der Waals surface area contributed by atoms with Crippen LogP contribution < -0.4 is 5.32 Å². The summed E-state index contributed by atoms with van der Waals surface area (Å²) in [7, 11) is 0. The van der Waals surface area contributed by atoms with Crippen molar-refractivity contribution in [1.29, 1.82) is 0 Å². The van der Waals surface area contributed by atoms with E-state index in [1.807, 2.05) is 31.2 Å². The number of carbonyl (C=O) groups is 2. The highest BCUT2D eigenvalue weighted by Crippen LogP contribution is 2.26. The molecule has 0 saturated carbocycles. The van der Waals surface area contributed by atoms with Crippen LogP contribution in [-0.2, 0) is 4.79 Å². The summed E-state index contributed by atoms with van der Waals surface area (Å²) in [5.41, 5.74) is 3.62. The highest BCUT2D eigenvalue weighted by atomic mass is 32.1. The number of benzene rings is 1. The van der Waals surface area contributed by atoms with Gasteiger partial charge in [0.2, 0.25) is 5.91 Å². The molecule has 0 unspecified atom stereocenters. The summed E-state index contributed by atoms with van der Waals surface area (Å²) in [5, 5.41) is 14.6. The first-order valence-electron chi connectivity index (χ1n) is 9.02. The highest BCUT2D eigenvalue weighted by molar-refractivity contribution is 7.14. The van der Waals surface area contributed by atoms with Gasteiger partial charge in [-0.15, -0.1) is 21.5 Å². The molecule has 1 atom stereocenters. The second-order valence-electron chi connectivity index (χ2n) is 6.58. The van der Waals surface area contributed by atoms with Gasteiger partial charge >= 0.3 is 0 Å². The molecule has 0 spiro atoms. The first kappa shape index (κ1) is 18.7. The molecule has 1 fully saturated rings. The number of likely N-dealkylation sites (tertiary alicyclic amines) is 1. The van der Waals surface area contributed by atoms with Crippen LogP contribution in [0, 0.1) is 6.92 Å². The molecular formula is C19H19N5O2S2. The molecule has 0 aliphatic carbocycles. The van der Waals surface area contributed by atoms with Crippen molar-refractivity contribution in [3.8, 4) is 10.6 Å². The molecule has 1 aromatic carbocycles. The van der Waals surface area contributed by atoms with Gasteiger partial charge in [0.05, 0.1) is 5.51 Å². The van der Waals surface area contributed by atoms with Gasteiger partial charge in [-0.2, -0.15) is 0 Å². The molecule has 2 amide bonds. The van der Waals surface area contributed by atoms with E-state index < -0.39 is 6.04 Å². The zero-order valence-corrected chi connectivity index (χ0v) is 16.9. The first-order valence-corrected chi connectivity index (χ1v) is 10.8. The molecular weight excluding hydrogens is 394 g/mol. The third-order valence-corrected chi connectivity index (χ3v) is 6.10. The summed E-state index contributed by atoms with van der Waals surface area (Å²) in [6.45, 7) is 2.47. The third-order valence-electron chi connectivity index (χ3n) is 4.62. The second kappa shape index (κ2) is 8.15. The van der Waals surface area contributed by atoms with E-state index in [9.17, 15) is 9.59 Å². The molecule has 1 aliphatic rings. The molecule has 144 valence electrons. The lowest BCUT2D eigenvalue weighted by Crippen LogP contribution is -2.50. The number of nitrogens with zero attached hydrogens (tertiary/aromatic N) is 4. The van der Waals surface area contributed by atoms with Crippen molar-refractivity contribution in [2.45, 2.75) is 32.2 Å². The van der Waals surface area contributed by atoms with Crippen LogP contribution >= 0.6 is 22.7 Å². The number of piperidine rings is 1. The lowest BCUT2D eigenvalue weighted by molar-refractivity contribution is -0.121. The van der Waals surface area contributed by atoms with E-state index >= 15 is 0 Å². The average Bonchev–Trinajstić information content (AvgIpc) is 3.39. The smallest absolute Gasteiger partial charge is 0.274 e. The number of rotatable bonds is 4. The van der Waals surface area contributed by atoms with Gasteiger partial charge in [0, 0.05) is 23.2 Å². The van der Waals surface area contributed by atoms with Gasteiger partial charge in [0.25, 0.3) is 5.91 Å². The van der Waals surface area contributed by atoms with Crippen LogP contribution in [0.4, 0.5) is 5.69 Å². The number of thiazole rings is 1. The van der Waals surface area contributed by atoms with Crippen molar-refractivity contribution < 1.29 is 9.59 Å². The number of amides is 2. The molecule has 3 aromatic rings. The fraction of sp³-hybridized carbons (Fsp3) is 0.316.